The predicted molar refractivity (Wildman–Crippen MR) is 83.0 cm³/mol. The molecule has 0 atom stereocenters. The average molecular weight is 297 g/mol. The van der Waals surface area contributed by atoms with Crippen molar-refractivity contribution in [3.63, 3.8) is 0 Å². The van der Waals surface area contributed by atoms with Crippen molar-refractivity contribution in [2.75, 3.05) is 5.32 Å². The Hall–Kier alpha value is -3.15. The summed E-state index contributed by atoms with van der Waals surface area (Å²) < 4.78 is 0. The number of pyridine rings is 1. The van der Waals surface area contributed by atoms with Crippen molar-refractivity contribution in [3.05, 3.63) is 65.5 Å². The number of nitrogens with zero attached hydrogens (tertiary/aromatic N) is 1. The maximum atomic E-state index is 12.4. The fourth-order valence-corrected chi connectivity index (χ4v) is 1.93. The second-order valence-electron chi connectivity index (χ2n) is 4.61. The Kier molecular flexibility index (Phi) is 4.53. The summed E-state index contributed by atoms with van der Waals surface area (Å²) in [6, 6.07) is 11.1. The van der Waals surface area contributed by atoms with E-state index in [4.69, 9.17) is 10.8 Å². The summed E-state index contributed by atoms with van der Waals surface area (Å²) in [5.74, 6) is -1.02. The van der Waals surface area contributed by atoms with Crippen molar-refractivity contribution < 1.29 is 14.7 Å². The number of carboxylic acids is 1. The highest BCUT2D eigenvalue weighted by Crippen LogP contribution is 2.19. The number of nitrogens with two attached hydrogens (primary N) is 1. The number of hydrogen-bond acceptors (Lipinski definition) is 4. The zero-order valence-electron chi connectivity index (χ0n) is 11.9. The summed E-state index contributed by atoms with van der Waals surface area (Å²) in [4.78, 5) is 27.3. The highest BCUT2D eigenvalue weighted by molar-refractivity contribution is 6.25. The standard InChI is InChI=1S/C16H15N3O3/c1-10(17)14(11-5-7-12(8-6-11)16(21)22)15(20)19-13-4-2-3-9-18-13/h2-9H,17H2,1H3,(H,21,22)(H,18,19,20)/b14-10-. The number of benzene rings is 1. The number of aromatic carboxylic acids is 1. The molecule has 0 saturated heterocycles. The van der Waals surface area contributed by atoms with Gasteiger partial charge in [-0.15, -0.1) is 0 Å². The topological polar surface area (TPSA) is 105 Å². The van der Waals surface area contributed by atoms with E-state index >= 15 is 0 Å². The summed E-state index contributed by atoms with van der Waals surface area (Å²) >= 11 is 0. The SMILES string of the molecule is C/C(N)=C(/C(=O)Nc1ccccn1)c1ccc(C(=O)O)cc1. The van der Waals surface area contributed by atoms with Crippen LogP contribution in [0.3, 0.4) is 0 Å². The van der Waals surface area contributed by atoms with Crippen LogP contribution in [-0.4, -0.2) is 22.0 Å². The largest absolute Gasteiger partial charge is 0.478 e. The number of nitrogens with one attached hydrogen (secondary N) is 1. The number of carbonyl (C=O) groups excluding carboxylic acids is 1. The summed E-state index contributed by atoms with van der Waals surface area (Å²) in [7, 11) is 0. The minimum Gasteiger partial charge on any atom is -0.478 e. The van der Waals surface area contributed by atoms with Crippen molar-refractivity contribution in [3.8, 4) is 0 Å². The summed E-state index contributed by atoms with van der Waals surface area (Å²) in [6.07, 6.45) is 1.57. The van der Waals surface area contributed by atoms with E-state index in [-0.39, 0.29) is 11.1 Å². The number of carboxylic acid groups (broad SMARTS) is 1. The van der Waals surface area contributed by atoms with Crippen LogP contribution in [0.5, 0.6) is 0 Å². The minimum absolute atomic E-state index is 0.142. The highest BCUT2D eigenvalue weighted by atomic mass is 16.4. The summed E-state index contributed by atoms with van der Waals surface area (Å²) in [5.41, 5.74) is 7.10. The molecule has 0 aliphatic rings. The van der Waals surface area contributed by atoms with E-state index in [0.29, 0.717) is 17.1 Å². The molecule has 1 heterocycles. The van der Waals surface area contributed by atoms with Crippen molar-refractivity contribution in [1.82, 2.24) is 4.98 Å². The lowest BCUT2D eigenvalue weighted by atomic mass is 10.0. The van der Waals surface area contributed by atoms with Gasteiger partial charge in [-0.05, 0) is 36.8 Å². The summed E-state index contributed by atoms with van der Waals surface area (Å²) in [6.45, 7) is 1.61. The van der Waals surface area contributed by atoms with Crippen LogP contribution >= 0.6 is 0 Å². The molecule has 6 nitrogen and oxygen atoms in total. The molecule has 0 aliphatic carbocycles. The Labute approximate surface area is 127 Å². The number of allylic oxidation sites excluding steroid dienone is 1. The Morgan fingerprint density at radius 3 is 2.23 bits per heavy atom. The van der Waals surface area contributed by atoms with E-state index in [9.17, 15) is 9.59 Å². The lowest BCUT2D eigenvalue weighted by Crippen LogP contribution is -2.17. The van der Waals surface area contributed by atoms with Crippen LogP contribution < -0.4 is 11.1 Å². The molecule has 4 N–H and O–H groups in total. The van der Waals surface area contributed by atoms with Crippen LogP contribution in [-0.2, 0) is 4.79 Å². The Bertz CT molecular complexity index is 718. The van der Waals surface area contributed by atoms with Crippen LogP contribution in [0.25, 0.3) is 5.57 Å². The average Bonchev–Trinajstić information content (AvgIpc) is 2.48. The van der Waals surface area contributed by atoms with Crippen molar-refractivity contribution in [2.45, 2.75) is 6.92 Å². The molecule has 112 valence electrons. The van der Waals surface area contributed by atoms with Crippen molar-refractivity contribution >= 4 is 23.3 Å². The molecule has 1 aromatic carbocycles. The fourth-order valence-electron chi connectivity index (χ4n) is 1.93. The summed E-state index contributed by atoms with van der Waals surface area (Å²) in [5, 5.41) is 11.6. The van der Waals surface area contributed by atoms with Crippen LogP contribution in [0.15, 0.2) is 54.4 Å². The van der Waals surface area contributed by atoms with E-state index in [0.717, 1.165) is 0 Å². The Morgan fingerprint density at radius 1 is 1.09 bits per heavy atom. The van der Waals surface area contributed by atoms with E-state index in [2.05, 4.69) is 10.3 Å². The van der Waals surface area contributed by atoms with Gasteiger partial charge in [0.25, 0.3) is 5.91 Å². The van der Waals surface area contributed by atoms with Gasteiger partial charge >= 0.3 is 5.97 Å². The first-order valence-corrected chi connectivity index (χ1v) is 6.51. The minimum atomic E-state index is -1.03. The van der Waals surface area contributed by atoms with Gasteiger partial charge in [-0.3, -0.25) is 4.79 Å². The van der Waals surface area contributed by atoms with Gasteiger partial charge in [0.2, 0.25) is 0 Å². The quantitative estimate of drug-likeness (QED) is 0.749. The third kappa shape index (κ3) is 3.49. The number of aromatic nitrogens is 1. The van der Waals surface area contributed by atoms with E-state index in [1.165, 1.54) is 12.1 Å². The van der Waals surface area contributed by atoms with Gasteiger partial charge in [0, 0.05) is 11.9 Å². The molecule has 22 heavy (non-hydrogen) atoms. The lowest BCUT2D eigenvalue weighted by Gasteiger charge is -2.11. The van der Waals surface area contributed by atoms with Crippen molar-refractivity contribution in [2.24, 2.45) is 5.73 Å². The zero-order chi connectivity index (χ0) is 16.1. The number of hydrogen-bond donors (Lipinski definition) is 3. The maximum Gasteiger partial charge on any atom is 0.335 e. The molecule has 0 radical (unpaired) electrons. The fraction of sp³-hybridized carbons (Fsp3) is 0.0625. The van der Waals surface area contributed by atoms with E-state index in [1.54, 1.807) is 43.5 Å². The Balaban J connectivity index is 2.29. The normalized spacial score (nSPS) is 11.5. The molecule has 2 rings (SSSR count). The molecule has 0 saturated carbocycles. The van der Waals surface area contributed by atoms with Gasteiger partial charge in [-0.2, -0.15) is 0 Å². The third-order valence-electron chi connectivity index (χ3n) is 2.95. The monoisotopic (exact) mass is 297 g/mol. The molecule has 6 heteroatoms. The molecule has 0 spiro atoms. The second-order valence-corrected chi connectivity index (χ2v) is 4.61. The maximum absolute atomic E-state index is 12.4. The molecule has 0 bridgehead atoms. The zero-order valence-corrected chi connectivity index (χ0v) is 11.9. The highest BCUT2D eigenvalue weighted by Gasteiger charge is 2.15. The first kappa shape index (κ1) is 15.2. The smallest absolute Gasteiger partial charge is 0.335 e. The first-order valence-electron chi connectivity index (χ1n) is 6.51. The van der Waals surface area contributed by atoms with Gasteiger partial charge in [-0.1, -0.05) is 18.2 Å². The van der Waals surface area contributed by atoms with Crippen LogP contribution in [0.2, 0.25) is 0 Å². The molecule has 1 amide bonds. The number of amides is 1. The van der Waals surface area contributed by atoms with Crippen LogP contribution in [0.4, 0.5) is 5.82 Å². The van der Waals surface area contributed by atoms with Gasteiger partial charge in [-0.25, -0.2) is 9.78 Å². The molecular formula is C16H15N3O3. The predicted octanol–water partition coefficient (Wildman–Crippen LogP) is 2.11. The lowest BCUT2D eigenvalue weighted by molar-refractivity contribution is -0.111. The molecule has 0 aliphatic heterocycles. The van der Waals surface area contributed by atoms with Crippen molar-refractivity contribution in [1.29, 1.82) is 0 Å². The number of rotatable bonds is 4. The molecule has 0 fully saturated rings. The van der Waals surface area contributed by atoms with Gasteiger partial charge < -0.3 is 16.2 Å². The molecule has 2 aromatic rings. The number of anilines is 1. The molecule has 0 unspecified atom stereocenters. The number of carbonyl (C=O) groups is 2. The van der Waals surface area contributed by atoms with Gasteiger partial charge in [0.05, 0.1) is 11.1 Å². The third-order valence-corrected chi connectivity index (χ3v) is 2.95. The van der Waals surface area contributed by atoms with Crippen LogP contribution in [0.1, 0.15) is 22.8 Å². The Morgan fingerprint density at radius 2 is 1.73 bits per heavy atom. The first-order chi connectivity index (χ1) is 10.5. The molecular weight excluding hydrogens is 282 g/mol. The van der Waals surface area contributed by atoms with E-state index < -0.39 is 11.9 Å². The van der Waals surface area contributed by atoms with Gasteiger partial charge in [0.15, 0.2) is 0 Å². The second kappa shape index (κ2) is 6.53. The van der Waals surface area contributed by atoms with Crippen LogP contribution in [0, 0.1) is 0 Å². The molecule has 1 aromatic heterocycles. The van der Waals surface area contributed by atoms with Gasteiger partial charge in [0.1, 0.15) is 5.82 Å². The van der Waals surface area contributed by atoms with E-state index in [1.807, 2.05) is 0 Å².